The number of aromatic nitrogens is 1. The number of nitrogens with zero attached hydrogens (tertiary/aromatic N) is 2. The van der Waals surface area contributed by atoms with Gasteiger partial charge in [-0.1, -0.05) is 42.5 Å². The summed E-state index contributed by atoms with van der Waals surface area (Å²) < 4.78 is 5.87. The zero-order valence-corrected chi connectivity index (χ0v) is 17.3. The molecule has 2 atom stereocenters. The molecule has 0 saturated carbocycles. The number of ether oxygens (including phenoxy) is 1. The number of pyridine rings is 1. The van der Waals surface area contributed by atoms with E-state index in [1.807, 2.05) is 12.1 Å². The summed E-state index contributed by atoms with van der Waals surface area (Å²) in [7, 11) is 0. The molecule has 0 amide bonds. The lowest BCUT2D eigenvalue weighted by Crippen LogP contribution is -2.23. The molecule has 3 aromatic rings. The third kappa shape index (κ3) is 5.57. The maximum atomic E-state index is 6.07. The number of hydrogen-bond donors (Lipinski definition) is 1. The largest absolute Gasteiger partial charge is 0.489 e. The van der Waals surface area contributed by atoms with Crippen molar-refractivity contribution in [2.75, 3.05) is 19.6 Å². The Morgan fingerprint density at radius 2 is 1.62 bits per heavy atom. The van der Waals surface area contributed by atoms with Crippen molar-refractivity contribution in [2.45, 2.75) is 19.1 Å². The SMILES string of the molecule is Cl.NC[C@@H]1CN(Cc2ccc(OCc3ccncc3)cc2)C[C@H]1c1ccccc1. The standard InChI is InChI=1S/C24H27N3O.ClH/c25-14-22-16-27(17-24(22)21-4-2-1-3-5-21)15-19-6-8-23(9-7-19)28-18-20-10-12-26-13-11-20;/h1-13,22,24H,14-18,25H2;1H/t22-,24+;/m1./s1. The van der Waals surface area contributed by atoms with Crippen LogP contribution in [0, 0.1) is 5.92 Å². The Hall–Kier alpha value is -2.40. The second-order valence-corrected chi connectivity index (χ2v) is 7.50. The van der Waals surface area contributed by atoms with Crippen LogP contribution in [0.5, 0.6) is 5.75 Å². The predicted octanol–water partition coefficient (Wildman–Crippen LogP) is 4.26. The van der Waals surface area contributed by atoms with Crippen LogP contribution < -0.4 is 10.5 Å². The first-order valence-electron chi connectivity index (χ1n) is 9.90. The van der Waals surface area contributed by atoms with Gasteiger partial charge in [0.25, 0.3) is 0 Å². The Balaban J connectivity index is 0.00000240. The van der Waals surface area contributed by atoms with Crippen LogP contribution in [-0.4, -0.2) is 29.5 Å². The second-order valence-electron chi connectivity index (χ2n) is 7.50. The van der Waals surface area contributed by atoms with Crippen molar-refractivity contribution in [1.29, 1.82) is 0 Å². The minimum atomic E-state index is 0. The van der Waals surface area contributed by atoms with Crippen LogP contribution in [0.15, 0.2) is 79.1 Å². The lowest BCUT2D eigenvalue weighted by Gasteiger charge is -2.17. The molecule has 4 rings (SSSR count). The van der Waals surface area contributed by atoms with E-state index in [-0.39, 0.29) is 12.4 Å². The number of benzene rings is 2. The minimum absolute atomic E-state index is 0. The molecule has 2 N–H and O–H groups in total. The van der Waals surface area contributed by atoms with E-state index < -0.39 is 0 Å². The molecule has 1 saturated heterocycles. The van der Waals surface area contributed by atoms with E-state index in [4.69, 9.17) is 10.5 Å². The van der Waals surface area contributed by atoms with Crippen molar-refractivity contribution in [2.24, 2.45) is 11.7 Å². The fraction of sp³-hybridized carbons (Fsp3) is 0.292. The summed E-state index contributed by atoms with van der Waals surface area (Å²) in [5, 5.41) is 0. The lowest BCUT2D eigenvalue weighted by molar-refractivity contribution is 0.304. The van der Waals surface area contributed by atoms with Gasteiger partial charge in [0.05, 0.1) is 0 Å². The number of halogens is 1. The summed E-state index contributed by atoms with van der Waals surface area (Å²) >= 11 is 0. The molecule has 1 aromatic heterocycles. The molecule has 1 fully saturated rings. The summed E-state index contributed by atoms with van der Waals surface area (Å²) in [6.45, 7) is 4.36. The van der Waals surface area contributed by atoms with Gasteiger partial charge in [-0.25, -0.2) is 0 Å². The van der Waals surface area contributed by atoms with E-state index in [0.717, 1.165) is 37.5 Å². The number of likely N-dealkylation sites (tertiary alicyclic amines) is 1. The van der Waals surface area contributed by atoms with Gasteiger partial charge in [-0.05, 0) is 53.4 Å². The molecule has 0 radical (unpaired) electrons. The molecule has 29 heavy (non-hydrogen) atoms. The van der Waals surface area contributed by atoms with Crippen LogP contribution in [0.3, 0.4) is 0 Å². The van der Waals surface area contributed by atoms with Crippen molar-refractivity contribution >= 4 is 12.4 Å². The molecule has 1 aliphatic rings. The van der Waals surface area contributed by atoms with Gasteiger partial charge in [0, 0.05) is 37.9 Å². The highest BCUT2D eigenvalue weighted by Crippen LogP contribution is 2.32. The average molecular weight is 410 g/mol. The van der Waals surface area contributed by atoms with E-state index in [2.05, 4.69) is 64.5 Å². The maximum absolute atomic E-state index is 6.07. The summed E-state index contributed by atoms with van der Waals surface area (Å²) in [5.41, 5.74) is 9.90. The molecule has 0 aliphatic carbocycles. The maximum Gasteiger partial charge on any atom is 0.119 e. The minimum Gasteiger partial charge on any atom is -0.489 e. The Morgan fingerprint density at radius 1 is 0.897 bits per heavy atom. The molecule has 4 nitrogen and oxygen atoms in total. The average Bonchev–Trinajstić information content (AvgIpc) is 3.17. The third-order valence-corrected chi connectivity index (χ3v) is 5.53. The Labute approximate surface area is 179 Å². The first-order chi connectivity index (χ1) is 13.8. The van der Waals surface area contributed by atoms with E-state index in [1.165, 1.54) is 11.1 Å². The van der Waals surface area contributed by atoms with Crippen molar-refractivity contribution in [3.63, 3.8) is 0 Å². The topological polar surface area (TPSA) is 51.4 Å². The molecule has 0 bridgehead atoms. The normalized spacial score (nSPS) is 18.9. The molecular weight excluding hydrogens is 382 g/mol. The molecule has 152 valence electrons. The Kier molecular flexibility index (Phi) is 7.64. The van der Waals surface area contributed by atoms with E-state index in [0.29, 0.717) is 18.4 Å². The molecular formula is C24H28ClN3O. The molecule has 1 aliphatic heterocycles. The quantitative estimate of drug-likeness (QED) is 0.633. The first kappa shape index (κ1) is 21.3. The van der Waals surface area contributed by atoms with Crippen LogP contribution >= 0.6 is 12.4 Å². The molecule has 0 unspecified atom stereocenters. The first-order valence-corrected chi connectivity index (χ1v) is 9.90. The molecule has 5 heteroatoms. The number of rotatable bonds is 7. The Morgan fingerprint density at radius 3 is 2.31 bits per heavy atom. The molecule has 0 spiro atoms. The summed E-state index contributed by atoms with van der Waals surface area (Å²) in [6.07, 6.45) is 3.57. The van der Waals surface area contributed by atoms with E-state index in [1.54, 1.807) is 12.4 Å². The van der Waals surface area contributed by atoms with Crippen LogP contribution in [0.4, 0.5) is 0 Å². The predicted molar refractivity (Wildman–Crippen MR) is 119 cm³/mol. The van der Waals surface area contributed by atoms with Crippen LogP contribution in [-0.2, 0) is 13.2 Å². The highest BCUT2D eigenvalue weighted by atomic mass is 35.5. The van der Waals surface area contributed by atoms with Crippen LogP contribution in [0.1, 0.15) is 22.6 Å². The lowest BCUT2D eigenvalue weighted by atomic mass is 9.89. The number of hydrogen-bond acceptors (Lipinski definition) is 4. The Bertz CT molecular complexity index is 858. The van der Waals surface area contributed by atoms with Gasteiger partial charge in [-0.2, -0.15) is 0 Å². The smallest absolute Gasteiger partial charge is 0.119 e. The van der Waals surface area contributed by atoms with Gasteiger partial charge in [0.2, 0.25) is 0 Å². The summed E-state index contributed by atoms with van der Waals surface area (Å²) in [4.78, 5) is 6.54. The van der Waals surface area contributed by atoms with E-state index in [9.17, 15) is 0 Å². The highest BCUT2D eigenvalue weighted by Gasteiger charge is 2.32. The van der Waals surface area contributed by atoms with Crippen molar-refractivity contribution in [1.82, 2.24) is 9.88 Å². The fourth-order valence-electron chi connectivity index (χ4n) is 4.00. The van der Waals surface area contributed by atoms with Crippen molar-refractivity contribution in [3.8, 4) is 5.75 Å². The van der Waals surface area contributed by atoms with Gasteiger partial charge in [0.1, 0.15) is 12.4 Å². The van der Waals surface area contributed by atoms with Crippen LogP contribution in [0.2, 0.25) is 0 Å². The van der Waals surface area contributed by atoms with Crippen molar-refractivity contribution in [3.05, 3.63) is 95.8 Å². The fourth-order valence-corrected chi connectivity index (χ4v) is 4.00. The van der Waals surface area contributed by atoms with Gasteiger partial charge in [-0.3, -0.25) is 9.88 Å². The van der Waals surface area contributed by atoms with Gasteiger partial charge >= 0.3 is 0 Å². The third-order valence-electron chi connectivity index (χ3n) is 5.53. The zero-order chi connectivity index (χ0) is 19.2. The summed E-state index contributed by atoms with van der Waals surface area (Å²) in [5.74, 6) is 1.93. The van der Waals surface area contributed by atoms with Gasteiger partial charge in [0.15, 0.2) is 0 Å². The monoisotopic (exact) mass is 409 g/mol. The highest BCUT2D eigenvalue weighted by molar-refractivity contribution is 5.85. The van der Waals surface area contributed by atoms with Gasteiger partial charge in [-0.15, -0.1) is 12.4 Å². The summed E-state index contributed by atoms with van der Waals surface area (Å²) in [6, 6.07) is 23.2. The molecule has 2 heterocycles. The zero-order valence-electron chi connectivity index (χ0n) is 16.5. The second kappa shape index (κ2) is 10.4. The van der Waals surface area contributed by atoms with Crippen LogP contribution in [0.25, 0.3) is 0 Å². The number of nitrogens with two attached hydrogens (primary N) is 1. The van der Waals surface area contributed by atoms with Crippen molar-refractivity contribution < 1.29 is 4.74 Å². The van der Waals surface area contributed by atoms with E-state index >= 15 is 0 Å². The molecule has 2 aromatic carbocycles. The van der Waals surface area contributed by atoms with Gasteiger partial charge < -0.3 is 10.5 Å².